The lowest BCUT2D eigenvalue weighted by Crippen LogP contribution is -2.03. The molecule has 0 aliphatic rings. The van der Waals surface area contributed by atoms with Crippen LogP contribution in [0.1, 0.15) is 27.0 Å². The molecule has 0 spiro atoms. The van der Waals surface area contributed by atoms with E-state index in [-0.39, 0.29) is 0 Å². The highest BCUT2D eigenvalue weighted by Crippen LogP contribution is 2.36. The first kappa shape index (κ1) is 26.6. The molecule has 0 unspecified atom stereocenters. The normalized spacial score (nSPS) is 10.8. The molecule has 11 heteroatoms. The second-order valence-corrected chi connectivity index (χ2v) is 10.3. The van der Waals surface area contributed by atoms with E-state index < -0.39 is 5.97 Å². The monoisotopic (exact) mass is 573 g/mol. The molecule has 42 heavy (non-hydrogen) atoms. The summed E-state index contributed by atoms with van der Waals surface area (Å²) in [6.07, 6.45) is 1.79. The van der Waals surface area contributed by atoms with Gasteiger partial charge in [-0.15, -0.1) is 16.4 Å². The Kier molecular flexibility index (Phi) is 7.04. The van der Waals surface area contributed by atoms with Crippen molar-refractivity contribution in [2.45, 2.75) is 13.8 Å². The number of carbonyl (C=O) groups is 1. The molecule has 10 nitrogen and oxygen atoms in total. The molecule has 0 aliphatic carbocycles. The minimum absolute atomic E-state index is 0.393. The summed E-state index contributed by atoms with van der Waals surface area (Å²) in [6, 6.07) is 22.3. The third kappa shape index (κ3) is 5.26. The molecule has 0 bridgehead atoms. The number of ether oxygens (including phenoxy) is 2. The van der Waals surface area contributed by atoms with Crippen LogP contribution in [0.5, 0.6) is 11.6 Å². The van der Waals surface area contributed by atoms with E-state index >= 15 is 0 Å². The second-order valence-electron chi connectivity index (χ2n) is 9.43. The molecule has 3 aromatic carbocycles. The van der Waals surface area contributed by atoms with Crippen molar-refractivity contribution in [3.05, 3.63) is 101 Å². The Bertz CT molecular complexity index is 1970. The van der Waals surface area contributed by atoms with Gasteiger partial charge in [-0.05, 0) is 78.9 Å². The van der Waals surface area contributed by atoms with Crippen LogP contribution < -0.4 is 10.1 Å². The summed E-state index contributed by atoms with van der Waals surface area (Å²) in [6.45, 7) is 3.82. The van der Waals surface area contributed by atoms with Gasteiger partial charge in [0.1, 0.15) is 16.1 Å². The van der Waals surface area contributed by atoms with Crippen LogP contribution in [0, 0.1) is 25.2 Å². The van der Waals surface area contributed by atoms with Gasteiger partial charge in [0, 0.05) is 11.3 Å². The summed E-state index contributed by atoms with van der Waals surface area (Å²) in [5, 5.41) is 23.0. The molecule has 0 aliphatic heterocycles. The van der Waals surface area contributed by atoms with Crippen LogP contribution in [0.4, 0.5) is 11.6 Å². The van der Waals surface area contributed by atoms with Crippen molar-refractivity contribution >= 4 is 39.2 Å². The minimum Gasteiger partial charge on any atom is -0.465 e. The number of benzene rings is 3. The quantitative estimate of drug-likeness (QED) is 0.206. The maximum absolute atomic E-state index is 11.9. The first-order valence-corrected chi connectivity index (χ1v) is 13.7. The van der Waals surface area contributed by atoms with E-state index in [1.54, 1.807) is 41.2 Å². The average Bonchev–Trinajstić information content (AvgIpc) is 3.69. The lowest BCUT2D eigenvalue weighted by molar-refractivity contribution is 0.0600. The van der Waals surface area contributed by atoms with Crippen LogP contribution in [0.25, 0.3) is 27.2 Å². The van der Waals surface area contributed by atoms with Crippen LogP contribution in [0.2, 0.25) is 0 Å². The standard InChI is InChI=1S/C31H23N7O3S/c1-18-13-20(16-32)14-19(2)27(18)41-29-28-25(11-12-42-28)34-31(35-29)33-23-9-7-21(8-10-23)26-17-38(37-36-26)24-6-4-5-22(15-24)30(39)40-3/h4-15,17H,1-3H3,(H,33,34,35). The van der Waals surface area contributed by atoms with Crippen LogP contribution in [0.15, 0.2) is 78.3 Å². The zero-order chi connectivity index (χ0) is 29.2. The Labute approximate surface area is 244 Å². The van der Waals surface area contributed by atoms with Gasteiger partial charge in [-0.2, -0.15) is 10.2 Å². The number of hydrogen-bond donors (Lipinski definition) is 1. The van der Waals surface area contributed by atoms with Crippen molar-refractivity contribution in [3.8, 4) is 34.6 Å². The highest BCUT2D eigenvalue weighted by atomic mass is 32.1. The van der Waals surface area contributed by atoms with Gasteiger partial charge in [0.2, 0.25) is 11.8 Å². The number of fused-ring (bicyclic) bond motifs is 1. The summed E-state index contributed by atoms with van der Waals surface area (Å²) >= 11 is 1.50. The number of esters is 1. The van der Waals surface area contributed by atoms with Crippen LogP contribution in [-0.4, -0.2) is 38.0 Å². The van der Waals surface area contributed by atoms with E-state index in [0.29, 0.717) is 40.1 Å². The molecule has 0 amide bonds. The smallest absolute Gasteiger partial charge is 0.337 e. The zero-order valence-corrected chi connectivity index (χ0v) is 23.6. The number of thiophene rings is 1. The molecule has 6 aromatic rings. The van der Waals surface area contributed by atoms with Gasteiger partial charge < -0.3 is 14.8 Å². The fraction of sp³-hybridized carbons (Fsp3) is 0.0968. The predicted octanol–water partition coefficient (Wildman–Crippen LogP) is 6.75. The van der Waals surface area contributed by atoms with E-state index in [2.05, 4.69) is 31.7 Å². The van der Waals surface area contributed by atoms with Gasteiger partial charge in [0.15, 0.2) is 0 Å². The van der Waals surface area contributed by atoms with E-state index in [1.807, 2.05) is 55.6 Å². The molecule has 0 saturated heterocycles. The maximum Gasteiger partial charge on any atom is 0.337 e. The number of nitrogens with one attached hydrogen (secondary N) is 1. The first-order chi connectivity index (χ1) is 20.4. The maximum atomic E-state index is 11.9. The van der Waals surface area contributed by atoms with Gasteiger partial charge in [0.25, 0.3) is 0 Å². The van der Waals surface area contributed by atoms with Gasteiger partial charge in [0.05, 0.1) is 41.7 Å². The van der Waals surface area contributed by atoms with Gasteiger partial charge >= 0.3 is 5.97 Å². The molecule has 0 saturated carbocycles. The topological polar surface area (TPSA) is 128 Å². The van der Waals surface area contributed by atoms with Crippen molar-refractivity contribution in [2.24, 2.45) is 0 Å². The number of anilines is 2. The van der Waals surface area contributed by atoms with Crippen molar-refractivity contribution in [1.82, 2.24) is 25.0 Å². The molecule has 206 valence electrons. The summed E-state index contributed by atoms with van der Waals surface area (Å²) < 4.78 is 13.5. The summed E-state index contributed by atoms with van der Waals surface area (Å²) in [5.41, 5.74) is 6.50. The molecular formula is C31H23N7O3S. The van der Waals surface area contributed by atoms with Gasteiger partial charge in [-0.3, -0.25) is 0 Å². The van der Waals surface area contributed by atoms with Crippen molar-refractivity contribution in [1.29, 1.82) is 5.26 Å². The van der Waals surface area contributed by atoms with E-state index in [4.69, 9.17) is 9.47 Å². The molecule has 1 N–H and O–H groups in total. The van der Waals surface area contributed by atoms with Crippen molar-refractivity contribution in [2.75, 3.05) is 12.4 Å². The average molecular weight is 574 g/mol. The fourth-order valence-corrected chi connectivity index (χ4v) is 5.26. The molecule has 3 heterocycles. The number of carbonyl (C=O) groups excluding carboxylic acids is 1. The summed E-state index contributed by atoms with van der Waals surface area (Å²) in [4.78, 5) is 21.2. The Hall–Kier alpha value is -5.60. The van der Waals surface area contributed by atoms with E-state index in [9.17, 15) is 10.1 Å². The second kappa shape index (κ2) is 11.1. The third-order valence-electron chi connectivity index (χ3n) is 6.52. The Morgan fingerprint density at radius 3 is 2.55 bits per heavy atom. The highest BCUT2D eigenvalue weighted by Gasteiger charge is 2.15. The number of nitrogens with zero attached hydrogens (tertiary/aromatic N) is 6. The molecular weight excluding hydrogens is 550 g/mol. The molecule has 3 aromatic heterocycles. The number of aromatic nitrogens is 5. The molecule has 0 radical (unpaired) electrons. The Balaban J connectivity index is 1.23. The van der Waals surface area contributed by atoms with E-state index in [0.717, 1.165) is 32.6 Å². The van der Waals surface area contributed by atoms with Crippen LogP contribution in [0.3, 0.4) is 0 Å². The summed E-state index contributed by atoms with van der Waals surface area (Å²) in [7, 11) is 1.35. The highest BCUT2D eigenvalue weighted by molar-refractivity contribution is 7.17. The molecule has 0 fully saturated rings. The first-order valence-electron chi connectivity index (χ1n) is 12.8. The lowest BCUT2D eigenvalue weighted by atomic mass is 10.1. The fourth-order valence-electron chi connectivity index (χ4n) is 4.50. The van der Waals surface area contributed by atoms with Crippen molar-refractivity contribution < 1.29 is 14.3 Å². The van der Waals surface area contributed by atoms with Gasteiger partial charge in [-0.1, -0.05) is 23.4 Å². The Morgan fingerprint density at radius 1 is 1.02 bits per heavy atom. The molecule has 6 rings (SSSR count). The predicted molar refractivity (Wildman–Crippen MR) is 160 cm³/mol. The number of methoxy groups -OCH3 is 1. The third-order valence-corrected chi connectivity index (χ3v) is 7.41. The van der Waals surface area contributed by atoms with Gasteiger partial charge in [-0.25, -0.2) is 14.5 Å². The Morgan fingerprint density at radius 2 is 1.81 bits per heavy atom. The zero-order valence-electron chi connectivity index (χ0n) is 22.8. The largest absolute Gasteiger partial charge is 0.465 e. The molecule has 0 atom stereocenters. The minimum atomic E-state index is -0.416. The van der Waals surface area contributed by atoms with E-state index in [1.165, 1.54) is 18.4 Å². The number of rotatable bonds is 7. The SMILES string of the molecule is COC(=O)c1cccc(-n2cc(-c3ccc(Nc4nc(Oc5c(C)cc(C#N)cc5C)c5sccc5n4)cc3)nn2)c1. The number of hydrogen-bond acceptors (Lipinski definition) is 10. The van der Waals surface area contributed by atoms with Crippen LogP contribution >= 0.6 is 11.3 Å². The summed E-state index contributed by atoms with van der Waals surface area (Å²) in [5.74, 6) is 1.09. The van der Waals surface area contributed by atoms with Crippen molar-refractivity contribution in [3.63, 3.8) is 0 Å². The lowest BCUT2D eigenvalue weighted by Gasteiger charge is -2.13. The number of nitriles is 1. The number of aryl methyl sites for hydroxylation is 2. The van der Waals surface area contributed by atoms with Crippen LogP contribution in [-0.2, 0) is 4.74 Å².